The maximum absolute atomic E-state index is 13.2. The fraction of sp³-hybridized carbons (Fsp3) is 0.440. The van der Waals surface area contributed by atoms with Crippen LogP contribution in [-0.2, 0) is 22.6 Å². The van der Waals surface area contributed by atoms with E-state index in [1.807, 2.05) is 50.2 Å². The van der Waals surface area contributed by atoms with Gasteiger partial charge in [0.1, 0.15) is 19.3 Å². The molecule has 0 radical (unpaired) electrons. The number of hydrogen-bond donors (Lipinski definition) is 1. The van der Waals surface area contributed by atoms with Gasteiger partial charge in [-0.15, -0.1) is 0 Å². The van der Waals surface area contributed by atoms with Crippen LogP contribution >= 0.6 is 0 Å². The molecular weight excluding hydrogens is 392 g/mol. The van der Waals surface area contributed by atoms with Gasteiger partial charge in [0.05, 0.1) is 0 Å². The van der Waals surface area contributed by atoms with Gasteiger partial charge in [-0.05, 0) is 49.9 Å². The minimum atomic E-state index is -0.542. The molecule has 2 aromatic rings. The average molecular weight is 425 g/mol. The standard InChI is InChI=1S/C25H32N2O4/c1-4-12-26-25(29)19(3)27(17-21-7-5-6-18(2)15-21)24(28)11-9-20-8-10-22-23(16-20)31-14-13-30-22/h5-8,10,15-16,19H,4,9,11-14,17H2,1-3H3,(H,26,29). The molecule has 1 N–H and O–H groups in total. The predicted octanol–water partition coefficient (Wildman–Crippen LogP) is 3.64. The number of ether oxygens (including phenoxy) is 2. The molecule has 3 rings (SSSR count). The fourth-order valence-corrected chi connectivity index (χ4v) is 3.62. The molecule has 0 aromatic heterocycles. The monoisotopic (exact) mass is 424 g/mol. The van der Waals surface area contributed by atoms with E-state index in [1.165, 1.54) is 0 Å². The first kappa shape index (κ1) is 22.7. The number of carbonyl (C=O) groups is 2. The second-order valence-corrected chi connectivity index (χ2v) is 7.96. The third kappa shape index (κ3) is 6.23. The lowest BCUT2D eigenvalue weighted by atomic mass is 10.1. The summed E-state index contributed by atoms with van der Waals surface area (Å²) in [7, 11) is 0. The van der Waals surface area contributed by atoms with Crippen molar-refractivity contribution in [2.24, 2.45) is 0 Å². The zero-order chi connectivity index (χ0) is 22.2. The zero-order valence-corrected chi connectivity index (χ0v) is 18.6. The smallest absolute Gasteiger partial charge is 0.242 e. The summed E-state index contributed by atoms with van der Waals surface area (Å²) in [4.78, 5) is 27.5. The first-order valence-electron chi connectivity index (χ1n) is 11.0. The lowest BCUT2D eigenvalue weighted by molar-refractivity contribution is -0.140. The number of nitrogens with zero attached hydrogens (tertiary/aromatic N) is 1. The van der Waals surface area contributed by atoms with E-state index in [-0.39, 0.29) is 11.8 Å². The number of fused-ring (bicyclic) bond motifs is 1. The van der Waals surface area contributed by atoms with Gasteiger partial charge in [-0.25, -0.2) is 0 Å². The molecule has 2 amide bonds. The number of carbonyl (C=O) groups excluding carboxylic acids is 2. The second kappa shape index (κ2) is 10.8. The number of rotatable bonds is 9. The summed E-state index contributed by atoms with van der Waals surface area (Å²) >= 11 is 0. The highest BCUT2D eigenvalue weighted by Gasteiger charge is 2.26. The molecule has 0 spiro atoms. The average Bonchev–Trinajstić information content (AvgIpc) is 2.78. The van der Waals surface area contributed by atoms with E-state index >= 15 is 0 Å². The highest BCUT2D eigenvalue weighted by molar-refractivity contribution is 5.87. The Balaban J connectivity index is 1.70. The van der Waals surface area contributed by atoms with Gasteiger partial charge in [0.15, 0.2) is 11.5 Å². The van der Waals surface area contributed by atoms with Gasteiger partial charge in [0, 0.05) is 19.5 Å². The Bertz CT molecular complexity index is 912. The SMILES string of the molecule is CCCNC(=O)C(C)N(Cc1cccc(C)c1)C(=O)CCc1ccc2c(c1)OCCO2. The molecule has 0 saturated carbocycles. The van der Waals surface area contributed by atoms with Crippen molar-refractivity contribution in [3.05, 3.63) is 59.2 Å². The number of benzene rings is 2. The van der Waals surface area contributed by atoms with Crippen molar-refractivity contribution in [1.29, 1.82) is 0 Å². The number of aryl methyl sites for hydroxylation is 2. The fourth-order valence-electron chi connectivity index (χ4n) is 3.62. The van der Waals surface area contributed by atoms with E-state index in [2.05, 4.69) is 11.4 Å². The lowest BCUT2D eigenvalue weighted by Gasteiger charge is -2.29. The summed E-state index contributed by atoms with van der Waals surface area (Å²) in [6, 6.07) is 13.3. The van der Waals surface area contributed by atoms with Gasteiger partial charge in [-0.2, -0.15) is 0 Å². The van der Waals surface area contributed by atoms with Crippen LogP contribution < -0.4 is 14.8 Å². The molecule has 1 unspecified atom stereocenters. The van der Waals surface area contributed by atoms with Crippen molar-refractivity contribution in [1.82, 2.24) is 10.2 Å². The normalized spacial score (nSPS) is 13.4. The van der Waals surface area contributed by atoms with E-state index in [0.717, 1.165) is 34.6 Å². The van der Waals surface area contributed by atoms with E-state index in [1.54, 1.807) is 11.8 Å². The summed E-state index contributed by atoms with van der Waals surface area (Å²) in [5.74, 6) is 1.29. The molecule has 1 heterocycles. The van der Waals surface area contributed by atoms with Gasteiger partial charge < -0.3 is 19.7 Å². The minimum absolute atomic E-state index is 0.0458. The van der Waals surface area contributed by atoms with Crippen LogP contribution in [0.4, 0.5) is 0 Å². The molecule has 1 atom stereocenters. The maximum Gasteiger partial charge on any atom is 0.242 e. The number of nitrogens with one attached hydrogen (secondary N) is 1. The molecule has 0 fully saturated rings. The van der Waals surface area contributed by atoms with E-state index in [0.29, 0.717) is 39.1 Å². The summed E-state index contributed by atoms with van der Waals surface area (Å²) in [5, 5.41) is 2.91. The molecule has 2 aromatic carbocycles. The minimum Gasteiger partial charge on any atom is -0.486 e. The van der Waals surface area contributed by atoms with Gasteiger partial charge in [-0.1, -0.05) is 42.8 Å². The van der Waals surface area contributed by atoms with E-state index in [9.17, 15) is 9.59 Å². The second-order valence-electron chi connectivity index (χ2n) is 7.96. The number of amides is 2. The Labute approximate surface area is 184 Å². The van der Waals surface area contributed by atoms with Gasteiger partial charge in [-0.3, -0.25) is 9.59 Å². The molecule has 1 aliphatic heterocycles. The molecule has 166 valence electrons. The van der Waals surface area contributed by atoms with Crippen molar-refractivity contribution in [2.75, 3.05) is 19.8 Å². The molecule has 6 nitrogen and oxygen atoms in total. The van der Waals surface area contributed by atoms with Crippen LogP contribution in [0.25, 0.3) is 0 Å². The highest BCUT2D eigenvalue weighted by Crippen LogP contribution is 2.31. The Kier molecular flexibility index (Phi) is 7.93. The number of hydrogen-bond acceptors (Lipinski definition) is 4. The molecule has 1 aliphatic rings. The first-order valence-corrected chi connectivity index (χ1v) is 11.0. The Hall–Kier alpha value is -3.02. The van der Waals surface area contributed by atoms with Crippen molar-refractivity contribution in [3.8, 4) is 11.5 Å². The lowest BCUT2D eigenvalue weighted by Crippen LogP contribution is -2.47. The molecule has 6 heteroatoms. The maximum atomic E-state index is 13.2. The van der Waals surface area contributed by atoms with Crippen LogP contribution in [0.5, 0.6) is 11.5 Å². The molecule has 0 saturated heterocycles. The predicted molar refractivity (Wildman–Crippen MR) is 120 cm³/mol. The van der Waals surface area contributed by atoms with Crippen molar-refractivity contribution in [2.45, 2.75) is 52.6 Å². The molecule has 31 heavy (non-hydrogen) atoms. The summed E-state index contributed by atoms with van der Waals surface area (Å²) in [6.45, 7) is 7.92. The van der Waals surface area contributed by atoms with Crippen LogP contribution in [-0.4, -0.2) is 42.5 Å². The molecule has 0 aliphatic carbocycles. The Morgan fingerprint density at radius 3 is 2.58 bits per heavy atom. The summed E-state index contributed by atoms with van der Waals surface area (Å²) < 4.78 is 11.2. The van der Waals surface area contributed by atoms with Crippen molar-refractivity contribution < 1.29 is 19.1 Å². The third-order valence-corrected chi connectivity index (χ3v) is 5.39. The topological polar surface area (TPSA) is 67.9 Å². The Morgan fingerprint density at radius 1 is 1.06 bits per heavy atom. The van der Waals surface area contributed by atoms with Crippen LogP contribution in [0.15, 0.2) is 42.5 Å². The zero-order valence-electron chi connectivity index (χ0n) is 18.6. The van der Waals surface area contributed by atoms with Gasteiger partial charge in [0.25, 0.3) is 0 Å². The molecular formula is C25H32N2O4. The van der Waals surface area contributed by atoms with Crippen LogP contribution in [0.2, 0.25) is 0 Å². The van der Waals surface area contributed by atoms with Crippen LogP contribution in [0.3, 0.4) is 0 Å². The highest BCUT2D eigenvalue weighted by atomic mass is 16.6. The van der Waals surface area contributed by atoms with E-state index in [4.69, 9.17) is 9.47 Å². The van der Waals surface area contributed by atoms with Crippen molar-refractivity contribution >= 4 is 11.8 Å². The molecule has 0 bridgehead atoms. The summed E-state index contributed by atoms with van der Waals surface area (Å²) in [5.41, 5.74) is 3.16. The Morgan fingerprint density at radius 2 is 1.84 bits per heavy atom. The quantitative estimate of drug-likeness (QED) is 0.667. The van der Waals surface area contributed by atoms with E-state index < -0.39 is 6.04 Å². The largest absolute Gasteiger partial charge is 0.486 e. The summed E-state index contributed by atoms with van der Waals surface area (Å²) in [6.07, 6.45) is 1.74. The van der Waals surface area contributed by atoms with Crippen molar-refractivity contribution in [3.63, 3.8) is 0 Å². The van der Waals surface area contributed by atoms with Crippen LogP contribution in [0, 0.1) is 6.92 Å². The van der Waals surface area contributed by atoms with Gasteiger partial charge >= 0.3 is 0 Å². The van der Waals surface area contributed by atoms with Crippen LogP contribution in [0.1, 0.15) is 43.4 Å². The third-order valence-electron chi connectivity index (χ3n) is 5.39. The van der Waals surface area contributed by atoms with Gasteiger partial charge in [0.2, 0.25) is 11.8 Å². The first-order chi connectivity index (χ1) is 15.0.